The minimum absolute atomic E-state index is 0.154. The standard InChI is InChI=1S/C12H13F2NO3/c13-9-2-1-7(5-10(9)14)18-8-3-4-12(15,6-8)11(16)17/h1-2,5,8H,3-4,6,15H2,(H,16,17). The maximum absolute atomic E-state index is 13.0. The molecule has 0 amide bonds. The third kappa shape index (κ3) is 2.43. The molecule has 1 fully saturated rings. The Hall–Kier alpha value is -1.69. The van der Waals surface area contributed by atoms with Crippen molar-refractivity contribution in [1.29, 1.82) is 0 Å². The van der Waals surface area contributed by atoms with Crippen molar-refractivity contribution in [3.05, 3.63) is 29.8 Å². The highest BCUT2D eigenvalue weighted by Gasteiger charge is 2.43. The zero-order valence-electron chi connectivity index (χ0n) is 9.53. The second-order valence-electron chi connectivity index (χ2n) is 4.52. The number of rotatable bonds is 3. The first-order valence-electron chi connectivity index (χ1n) is 5.55. The van der Waals surface area contributed by atoms with Crippen LogP contribution in [0.3, 0.4) is 0 Å². The van der Waals surface area contributed by atoms with Gasteiger partial charge in [-0.2, -0.15) is 0 Å². The first kappa shape index (κ1) is 12.8. The lowest BCUT2D eigenvalue weighted by Crippen LogP contribution is -2.46. The average Bonchev–Trinajstić information content (AvgIpc) is 2.67. The van der Waals surface area contributed by atoms with Crippen LogP contribution in [0.4, 0.5) is 8.78 Å². The third-order valence-electron chi connectivity index (χ3n) is 3.12. The minimum Gasteiger partial charge on any atom is -0.490 e. The van der Waals surface area contributed by atoms with Crippen LogP contribution in [0.2, 0.25) is 0 Å². The van der Waals surface area contributed by atoms with E-state index in [4.69, 9.17) is 15.6 Å². The van der Waals surface area contributed by atoms with Gasteiger partial charge < -0.3 is 15.6 Å². The maximum atomic E-state index is 13.0. The van der Waals surface area contributed by atoms with Gasteiger partial charge in [-0.15, -0.1) is 0 Å². The molecule has 0 aromatic heterocycles. The van der Waals surface area contributed by atoms with Crippen molar-refractivity contribution in [3.8, 4) is 5.75 Å². The van der Waals surface area contributed by atoms with Crippen molar-refractivity contribution in [2.24, 2.45) is 5.73 Å². The number of benzene rings is 1. The van der Waals surface area contributed by atoms with Gasteiger partial charge in [0.2, 0.25) is 0 Å². The van der Waals surface area contributed by atoms with Gasteiger partial charge in [-0.25, -0.2) is 8.78 Å². The molecule has 2 rings (SSSR count). The van der Waals surface area contributed by atoms with Gasteiger partial charge in [0.25, 0.3) is 0 Å². The molecular formula is C12H13F2NO3. The van der Waals surface area contributed by atoms with Gasteiger partial charge in [0.15, 0.2) is 11.6 Å². The molecule has 1 aromatic carbocycles. The van der Waals surface area contributed by atoms with Crippen molar-refractivity contribution in [1.82, 2.24) is 0 Å². The quantitative estimate of drug-likeness (QED) is 0.864. The Morgan fingerprint density at radius 2 is 2.17 bits per heavy atom. The molecule has 1 aliphatic carbocycles. The number of hydrogen-bond acceptors (Lipinski definition) is 3. The molecule has 1 aliphatic rings. The van der Waals surface area contributed by atoms with Crippen molar-refractivity contribution in [3.63, 3.8) is 0 Å². The average molecular weight is 257 g/mol. The fourth-order valence-corrected chi connectivity index (χ4v) is 2.07. The maximum Gasteiger partial charge on any atom is 0.323 e. The molecule has 2 atom stereocenters. The van der Waals surface area contributed by atoms with E-state index in [1.165, 1.54) is 6.07 Å². The normalized spacial score (nSPS) is 27.2. The van der Waals surface area contributed by atoms with E-state index >= 15 is 0 Å². The molecule has 0 heterocycles. The van der Waals surface area contributed by atoms with E-state index in [1.807, 2.05) is 0 Å². The Bertz CT molecular complexity index is 480. The molecule has 3 N–H and O–H groups in total. The number of nitrogens with two attached hydrogens (primary N) is 1. The molecule has 0 radical (unpaired) electrons. The molecule has 6 heteroatoms. The molecule has 4 nitrogen and oxygen atoms in total. The number of carboxylic acids is 1. The van der Waals surface area contributed by atoms with Crippen LogP contribution in [0.25, 0.3) is 0 Å². The minimum atomic E-state index is -1.29. The summed E-state index contributed by atoms with van der Waals surface area (Å²) in [5.74, 6) is -2.84. The molecule has 0 aliphatic heterocycles. The predicted molar refractivity (Wildman–Crippen MR) is 59.2 cm³/mol. The van der Waals surface area contributed by atoms with Crippen LogP contribution in [-0.4, -0.2) is 22.7 Å². The lowest BCUT2D eigenvalue weighted by atomic mass is 10.00. The number of halogens is 2. The highest BCUT2D eigenvalue weighted by molar-refractivity contribution is 5.79. The summed E-state index contributed by atoms with van der Waals surface area (Å²) >= 11 is 0. The second-order valence-corrected chi connectivity index (χ2v) is 4.52. The molecule has 98 valence electrons. The van der Waals surface area contributed by atoms with Crippen LogP contribution < -0.4 is 10.5 Å². The SMILES string of the molecule is NC1(C(=O)O)CCC(Oc2ccc(F)c(F)c2)C1. The summed E-state index contributed by atoms with van der Waals surface area (Å²) in [6, 6.07) is 3.20. The van der Waals surface area contributed by atoms with Gasteiger partial charge in [0, 0.05) is 12.5 Å². The van der Waals surface area contributed by atoms with Gasteiger partial charge in [-0.1, -0.05) is 0 Å². The van der Waals surface area contributed by atoms with E-state index in [0.717, 1.165) is 12.1 Å². The van der Waals surface area contributed by atoms with Crippen LogP contribution >= 0.6 is 0 Å². The van der Waals surface area contributed by atoms with Crippen LogP contribution in [0, 0.1) is 11.6 Å². The smallest absolute Gasteiger partial charge is 0.323 e. The van der Waals surface area contributed by atoms with E-state index in [-0.39, 0.29) is 12.2 Å². The molecule has 0 bridgehead atoms. The zero-order chi connectivity index (χ0) is 13.3. The Kier molecular flexibility index (Phi) is 3.21. The first-order chi connectivity index (χ1) is 8.40. The molecule has 1 saturated carbocycles. The summed E-state index contributed by atoms with van der Waals surface area (Å²) in [4.78, 5) is 10.9. The van der Waals surface area contributed by atoms with Gasteiger partial charge in [0.05, 0.1) is 0 Å². The Balaban J connectivity index is 2.03. The molecule has 0 saturated heterocycles. The van der Waals surface area contributed by atoms with Gasteiger partial charge in [0.1, 0.15) is 17.4 Å². The third-order valence-corrected chi connectivity index (χ3v) is 3.12. The van der Waals surface area contributed by atoms with Crippen LogP contribution in [0.1, 0.15) is 19.3 Å². The van der Waals surface area contributed by atoms with E-state index in [9.17, 15) is 13.6 Å². The van der Waals surface area contributed by atoms with Gasteiger partial charge >= 0.3 is 5.97 Å². The van der Waals surface area contributed by atoms with E-state index in [0.29, 0.717) is 12.8 Å². The first-order valence-corrected chi connectivity index (χ1v) is 5.55. The van der Waals surface area contributed by atoms with E-state index < -0.39 is 29.2 Å². The molecule has 0 spiro atoms. The lowest BCUT2D eigenvalue weighted by Gasteiger charge is -2.18. The fraction of sp³-hybridized carbons (Fsp3) is 0.417. The van der Waals surface area contributed by atoms with Crippen molar-refractivity contribution < 1.29 is 23.4 Å². The van der Waals surface area contributed by atoms with Gasteiger partial charge in [-0.05, 0) is 25.0 Å². The number of ether oxygens (including phenoxy) is 1. The molecular weight excluding hydrogens is 244 g/mol. The van der Waals surface area contributed by atoms with Crippen LogP contribution in [0.15, 0.2) is 18.2 Å². The number of carbonyl (C=O) groups is 1. The largest absolute Gasteiger partial charge is 0.490 e. The monoisotopic (exact) mass is 257 g/mol. The summed E-state index contributed by atoms with van der Waals surface area (Å²) in [7, 11) is 0. The van der Waals surface area contributed by atoms with Crippen molar-refractivity contribution >= 4 is 5.97 Å². The molecule has 18 heavy (non-hydrogen) atoms. The molecule has 2 unspecified atom stereocenters. The number of aliphatic carboxylic acids is 1. The number of carboxylic acid groups (broad SMARTS) is 1. The second kappa shape index (κ2) is 4.53. The van der Waals surface area contributed by atoms with E-state index in [1.54, 1.807) is 0 Å². The fourth-order valence-electron chi connectivity index (χ4n) is 2.07. The number of hydrogen-bond donors (Lipinski definition) is 2. The highest BCUT2D eigenvalue weighted by Crippen LogP contribution is 2.31. The van der Waals surface area contributed by atoms with Crippen molar-refractivity contribution in [2.45, 2.75) is 30.9 Å². The summed E-state index contributed by atoms with van der Waals surface area (Å²) in [6.45, 7) is 0. The Morgan fingerprint density at radius 1 is 1.44 bits per heavy atom. The summed E-state index contributed by atoms with van der Waals surface area (Å²) < 4.78 is 31.1. The van der Waals surface area contributed by atoms with E-state index in [2.05, 4.69) is 0 Å². The summed E-state index contributed by atoms with van der Waals surface area (Å²) in [5, 5.41) is 8.95. The van der Waals surface area contributed by atoms with Crippen LogP contribution in [0.5, 0.6) is 5.75 Å². The molecule has 1 aromatic rings. The zero-order valence-corrected chi connectivity index (χ0v) is 9.53. The Labute approximate surface area is 102 Å². The lowest BCUT2D eigenvalue weighted by molar-refractivity contribution is -0.143. The van der Waals surface area contributed by atoms with Crippen LogP contribution in [-0.2, 0) is 4.79 Å². The highest BCUT2D eigenvalue weighted by atomic mass is 19.2. The van der Waals surface area contributed by atoms with Crippen molar-refractivity contribution in [2.75, 3.05) is 0 Å². The van der Waals surface area contributed by atoms with Gasteiger partial charge in [-0.3, -0.25) is 4.79 Å². The summed E-state index contributed by atoms with van der Waals surface area (Å²) in [6.07, 6.45) is 0.538. The predicted octanol–water partition coefficient (Wildman–Crippen LogP) is 1.68. The Morgan fingerprint density at radius 3 is 2.72 bits per heavy atom. The topological polar surface area (TPSA) is 72.6 Å². The summed E-state index contributed by atoms with van der Waals surface area (Å²) in [5.41, 5.74) is 4.40.